The summed E-state index contributed by atoms with van der Waals surface area (Å²) >= 11 is 0. The number of hydrogen-bond acceptors (Lipinski definition) is 6. The summed E-state index contributed by atoms with van der Waals surface area (Å²) < 4.78 is 15.8. The number of anilines is 1. The van der Waals surface area contributed by atoms with Gasteiger partial charge in [-0.1, -0.05) is 5.21 Å². The molecule has 0 radical (unpaired) electrons. The van der Waals surface area contributed by atoms with Gasteiger partial charge in [0, 0.05) is 18.7 Å². The summed E-state index contributed by atoms with van der Waals surface area (Å²) in [5.74, 6) is -0.706. The molecule has 2 fully saturated rings. The van der Waals surface area contributed by atoms with Crippen molar-refractivity contribution in [1.29, 1.82) is 0 Å². The molecule has 11 heteroatoms. The third kappa shape index (κ3) is 3.35. The van der Waals surface area contributed by atoms with Gasteiger partial charge in [0.15, 0.2) is 0 Å². The van der Waals surface area contributed by atoms with E-state index in [1.54, 1.807) is 18.2 Å². The van der Waals surface area contributed by atoms with Crippen molar-refractivity contribution in [3.8, 4) is 0 Å². The zero-order valence-electron chi connectivity index (χ0n) is 14.8. The number of fused-ring (bicyclic) bond motifs is 1. The lowest BCUT2D eigenvalue weighted by Gasteiger charge is -2.33. The van der Waals surface area contributed by atoms with E-state index in [4.69, 9.17) is 5.11 Å². The van der Waals surface area contributed by atoms with Crippen molar-refractivity contribution in [2.24, 2.45) is 0 Å². The van der Waals surface area contributed by atoms with E-state index >= 15 is 0 Å². The van der Waals surface area contributed by atoms with Gasteiger partial charge in [-0.05, 0) is 31.0 Å². The van der Waals surface area contributed by atoms with Gasteiger partial charge in [0.1, 0.15) is 17.7 Å². The normalized spacial score (nSPS) is 25.6. The minimum atomic E-state index is -1.32. The monoisotopic (exact) mass is 390 g/mol. The van der Waals surface area contributed by atoms with Crippen LogP contribution < -0.4 is 10.6 Å². The lowest BCUT2D eigenvalue weighted by Crippen LogP contribution is -2.49. The number of aromatic nitrogens is 3. The first-order valence-electron chi connectivity index (χ1n) is 8.99. The van der Waals surface area contributed by atoms with Crippen molar-refractivity contribution >= 4 is 34.6 Å². The van der Waals surface area contributed by atoms with Crippen LogP contribution in [0.15, 0.2) is 18.2 Å². The molecule has 1 aromatic heterocycles. The van der Waals surface area contributed by atoms with Gasteiger partial charge < -0.3 is 15.3 Å². The summed E-state index contributed by atoms with van der Waals surface area (Å²) in [6.45, 7) is 0.0995. The number of hydrogen-bond donors (Lipinski definition) is 3. The summed E-state index contributed by atoms with van der Waals surface area (Å²) in [6, 6.07) is 4.09. The Morgan fingerprint density at radius 3 is 2.86 bits per heavy atom. The molecule has 0 bridgehead atoms. The molecule has 10 nitrogen and oxygen atoms in total. The van der Waals surface area contributed by atoms with Crippen LogP contribution in [-0.2, 0) is 9.59 Å². The lowest BCUT2D eigenvalue weighted by molar-refractivity contribution is -0.135. The number of amides is 3. The summed E-state index contributed by atoms with van der Waals surface area (Å²) in [4.78, 5) is 35.4. The fraction of sp³-hybridized carbons (Fsp3) is 0.471. The van der Waals surface area contributed by atoms with Crippen LogP contribution in [-0.4, -0.2) is 68.2 Å². The van der Waals surface area contributed by atoms with E-state index in [1.807, 2.05) is 0 Å². The number of rotatable bonds is 3. The van der Waals surface area contributed by atoms with Crippen LogP contribution in [0.2, 0.25) is 0 Å². The van der Waals surface area contributed by atoms with Crippen molar-refractivity contribution in [3.05, 3.63) is 18.2 Å². The molecular formula is C17H19FN6O4. The van der Waals surface area contributed by atoms with E-state index in [9.17, 15) is 18.8 Å². The number of nitrogens with zero attached hydrogens (tertiary/aromatic N) is 4. The first kappa shape index (κ1) is 18.1. The van der Waals surface area contributed by atoms with Crippen molar-refractivity contribution in [3.63, 3.8) is 0 Å². The van der Waals surface area contributed by atoms with Gasteiger partial charge in [-0.2, -0.15) is 0 Å². The molecule has 3 atom stereocenters. The third-order valence-electron chi connectivity index (χ3n) is 5.14. The SMILES string of the molecule is O=C1CCC(n2nnc3cc(N[C@H]4CCN(C(=O)O)C[C@@H]4F)ccc32)C(=O)N1. The van der Waals surface area contributed by atoms with E-state index in [1.165, 1.54) is 4.68 Å². The zero-order valence-corrected chi connectivity index (χ0v) is 14.8. The molecule has 0 saturated carbocycles. The van der Waals surface area contributed by atoms with E-state index < -0.39 is 30.3 Å². The summed E-state index contributed by atoms with van der Waals surface area (Å²) in [7, 11) is 0. The van der Waals surface area contributed by atoms with Crippen LogP contribution in [0.25, 0.3) is 11.0 Å². The number of imide groups is 1. The number of benzene rings is 1. The Hall–Kier alpha value is -3.24. The predicted molar refractivity (Wildman–Crippen MR) is 95.5 cm³/mol. The second-order valence-corrected chi connectivity index (χ2v) is 6.99. The molecular weight excluding hydrogens is 371 g/mol. The van der Waals surface area contributed by atoms with E-state index in [0.29, 0.717) is 29.6 Å². The Bertz CT molecular complexity index is 947. The number of carboxylic acid groups (broad SMARTS) is 1. The fourth-order valence-electron chi connectivity index (χ4n) is 3.63. The minimum Gasteiger partial charge on any atom is -0.465 e. The van der Waals surface area contributed by atoms with Gasteiger partial charge in [-0.15, -0.1) is 5.10 Å². The molecule has 0 aliphatic carbocycles. The number of alkyl halides is 1. The maximum atomic E-state index is 14.3. The van der Waals surface area contributed by atoms with Crippen LogP contribution in [0.1, 0.15) is 25.3 Å². The van der Waals surface area contributed by atoms with Gasteiger partial charge >= 0.3 is 6.09 Å². The maximum Gasteiger partial charge on any atom is 0.407 e. The molecule has 1 aromatic carbocycles. The number of carbonyl (C=O) groups is 3. The number of likely N-dealkylation sites (tertiary alicyclic amines) is 1. The average molecular weight is 390 g/mol. The molecule has 2 saturated heterocycles. The summed E-state index contributed by atoms with van der Waals surface area (Å²) in [5.41, 5.74) is 1.81. The highest BCUT2D eigenvalue weighted by Crippen LogP contribution is 2.26. The Morgan fingerprint density at radius 1 is 1.32 bits per heavy atom. The first-order valence-corrected chi connectivity index (χ1v) is 8.99. The highest BCUT2D eigenvalue weighted by molar-refractivity contribution is 6.00. The van der Waals surface area contributed by atoms with Crippen LogP contribution in [0.4, 0.5) is 14.9 Å². The Balaban J connectivity index is 1.50. The number of halogens is 1. The van der Waals surface area contributed by atoms with Crippen LogP contribution in [0, 0.1) is 0 Å². The summed E-state index contributed by atoms with van der Waals surface area (Å²) in [6.07, 6.45) is -1.49. The quantitative estimate of drug-likeness (QED) is 0.664. The van der Waals surface area contributed by atoms with Crippen LogP contribution in [0.5, 0.6) is 0 Å². The topological polar surface area (TPSA) is 129 Å². The van der Waals surface area contributed by atoms with Crippen LogP contribution in [0.3, 0.4) is 0 Å². The Kier molecular flexibility index (Phi) is 4.57. The minimum absolute atomic E-state index is 0.166. The van der Waals surface area contributed by atoms with Crippen molar-refractivity contribution in [2.45, 2.75) is 37.5 Å². The largest absolute Gasteiger partial charge is 0.465 e. The van der Waals surface area contributed by atoms with Gasteiger partial charge in [-0.25, -0.2) is 13.9 Å². The maximum absolute atomic E-state index is 14.3. The van der Waals surface area contributed by atoms with E-state index in [-0.39, 0.29) is 25.4 Å². The summed E-state index contributed by atoms with van der Waals surface area (Å²) in [5, 5.41) is 22.5. The highest BCUT2D eigenvalue weighted by atomic mass is 19.1. The molecule has 2 aliphatic rings. The Labute approximate surface area is 158 Å². The Morgan fingerprint density at radius 2 is 2.14 bits per heavy atom. The average Bonchev–Trinajstić information content (AvgIpc) is 3.06. The number of carbonyl (C=O) groups excluding carboxylic acids is 2. The molecule has 3 heterocycles. The highest BCUT2D eigenvalue weighted by Gasteiger charge is 2.32. The fourth-order valence-corrected chi connectivity index (χ4v) is 3.63. The smallest absolute Gasteiger partial charge is 0.407 e. The molecule has 0 spiro atoms. The second kappa shape index (κ2) is 7.06. The third-order valence-corrected chi connectivity index (χ3v) is 5.14. The van der Waals surface area contributed by atoms with E-state index in [2.05, 4.69) is 20.9 Å². The molecule has 2 aromatic rings. The number of nitrogens with one attached hydrogen (secondary N) is 2. The van der Waals surface area contributed by atoms with Crippen molar-refractivity contribution in [1.82, 2.24) is 25.2 Å². The molecule has 3 N–H and O–H groups in total. The van der Waals surface area contributed by atoms with Crippen molar-refractivity contribution < 1.29 is 23.9 Å². The van der Waals surface area contributed by atoms with Gasteiger partial charge in [0.05, 0.1) is 18.1 Å². The zero-order chi connectivity index (χ0) is 19.8. The van der Waals surface area contributed by atoms with Gasteiger partial charge in [0.25, 0.3) is 5.91 Å². The first-order chi connectivity index (χ1) is 13.4. The predicted octanol–water partition coefficient (Wildman–Crippen LogP) is 0.911. The van der Waals surface area contributed by atoms with Crippen LogP contribution >= 0.6 is 0 Å². The second-order valence-electron chi connectivity index (χ2n) is 6.99. The standard InChI is InChI=1S/C17H19FN6O4/c18-10-8-23(17(27)28)6-5-11(10)19-9-1-2-13-12(7-9)21-22-24(13)14-3-4-15(25)20-16(14)26/h1-2,7,10-11,14,19H,3-6,8H2,(H,27,28)(H,20,25,26)/t10-,11-,14?/m0/s1. The van der Waals surface area contributed by atoms with E-state index in [0.717, 1.165) is 4.90 Å². The molecule has 4 rings (SSSR count). The molecule has 2 aliphatic heterocycles. The molecule has 1 unspecified atom stereocenters. The molecule has 28 heavy (non-hydrogen) atoms. The molecule has 3 amide bonds. The number of piperidine rings is 2. The van der Waals surface area contributed by atoms with Crippen molar-refractivity contribution in [2.75, 3.05) is 18.4 Å². The lowest BCUT2D eigenvalue weighted by atomic mass is 10.0. The molecule has 148 valence electrons. The van der Waals surface area contributed by atoms with Gasteiger partial charge in [0.2, 0.25) is 5.91 Å². The van der Waals surface area contributed by atoms with Gasteiger partial charge in [-0.3, -0.25) is 14.9 Å².